The quantitative estimate of drug-likeness (QED) is 0.615. The first-order valence-corrected chi connectivity index (χ1v) is 8.24. The number of nitrogens with one attached hydrogen (secondary N) is 2. The lowest BCUT2D eigenvalue weighted by Gasteiger charge is -2.15. The summed E-state index contributed by atoms with van der Waals surface area (Å²) in [6.07, 6.45) is 1.48. The third kappa shape index (κ3) is 5.84. The van der Waals surface area contributed by atoms with Crippen molar-refractivity contribution in [3.8, 4) is 11.5 Å². The molecule has 0 fully saturated rings. The van der Waals surface area contributed by atoms with Crippen molar-refractivity contribution in [2.45, 2.75) is 26.3 Å². The molecule has 0 spiro atoms. The van der Waals surface area contributed by atoms with Gasteiger partial charge in [-0.2, -0.15) is 0 Å². The molecule has 0 radical (unpaired) electrons. The molecule has 0 aliphatic carbocycles. The van der Waals surface area contributed by atoms with Gasteiger partial charge in [0.1, 0.15) is 6.04 Å². The van der Waals surface area contributed by atoms with Gasteiger partial charge < -0.3 is 20.1 Å². The Kier molecular flexibility index (Phi) is 8.25. The Balaban J connectivity index is 2.64. The number of benzene rings is 1. The summed E-state index contributed by atoms with van der Waals surface area (Å²) in [4.78, 5) is 34.6. The molecule has 2 N–H and O–H groups in total. The van der Waals surface area contributed by atoms with Crippen LogP contribution in [0, 0.1) is 0 Å². The van der Waals surface area contributed by atoms with Crippen LogP contribution in [0.25, 0.3) is 0 Å². The fourth-order valence-corrected chi connectivity index (χ4v) is 2.22. The Hall–Kier alpha value is -2.09. The van der Waals surface area contributed by atoms with Gasteiger partial charge in [-0.3, -0.25) is 14.4 Å². The number of hydrogen-bond acceptors (Lipinski definition) is 5. The van der Waals surface area contributed by atoms with E-state index in [1.54, 1.807) is 13.0 Å². The molecule has 0 aromatic heterocycles. The van der Waals surface area contributed by atoms with Gasteiger partial charge in [-0.25, -0.2) is 0 Å². The molecule has 0 bridgehead atoms. The number of methoxy groups -OCH3 is 1. The van der Waals surface area contributed by atoms with E-state index in [1.807, 2.05) is 6.92 Å². The Morgan fingerprint density at radius 1 is 1.33 bits per heavy atom. The fourth-order valence-electron chi connectivity index (χ4n) is 1.81. The van der Waals surface area contributed by atoms with Crippen LogP contribution >= 0.6 is 15.9 Å². The average Bonchev–Trinajstić information content (AvgIpc) is 2.57. The largest absolute Gasteiger partial charge is 0.493 e. The van der Waals surface area contributed by atoms with Gasteiger partial charge in [0.05, 0.1) is 7.11 Å². The third-order valence-electron chi connectivity index (χ3n) is 3.09. The molecule has 24 heavy (non-hydrogen) atoms. The maximum atomic E-state index is 11.9. The summed E-state index contributed by atoms with van der Waals surface area (Å²) in [6.45, 7) is 3.78. The normalized spacial score (nSPS) is 11.3. The minimum atomic E-state index is -0.662. The van der Waals surface area contributed by atoms with Crippen LogP contribution < -0.4 is 20.1 Å². The lowest BCUT2D eigenvalue weighted by Crippen LogP contribution is -2.46. The zero-order valence-corrected chi connectivity index (χ0v) is 15.4. The van der Waals surface area contributed by atoms with Gasteiger partial charge in [-0.05, 0) is 41.4 Å². The van der Waals surface area contributed by atoms with Crippen molar-refractivity contribution in [2.75, 3.05) is 20.3 Å². The van der Waals surface area contributed by atoms with Gasteiger partial charge in [-0.1, -0.05) is 6.92 Å². The van der Waals surface area contributed by atoms with Crippen LogP contribution in [0.2, 0.25) is 0 Å². The van der Waals surface area contributed by atoms with Gasteiger partial charge in [0.15, 0.2) is 24.4 Å². The lowest BCUT2D eigenvalue weighted by molar-refractivity contribution is -0.129. The molecule has 0 unspecified atom stereocenters. The Morgan fingerprint density at radius 3 is 2.62 bits per heavy atom. The summed E-state index contributed by atoms with van der Waals surface area (Å²) in [5, 5.41) is 5.23. The predicted molar refractivity (Wildman–Crippen MR) is 92.5 cm³/mol. The lowest BCUT2D eigenvalue weighted by atomic mass is 10.2. The molecule has 0 saturated carbocycles. The van der Waals surface area contributed by atoms with Gasteiger partial charge in [0.2, 0.25) is 5.91 Å². The first kappa shape index (κ1) is 20.0. The van der Waals surface area contributed by atoms with Crippen molar-refractivity contribution in [3.63, 3.8) is 0 Å². The maximum absolute atomic E-state index is 11.9. The van der Waals surface area contributed by atoms with Gasteiger partial charge in [0.25, 0.3) is 5.91 Å². The Morgan fingerprint density at radius 2 is 2.04 bits per heavy atom. The average molecular weight is 401 g/mol. The molecule has 7 nitrogen and oxygen atoms in total. The van der Waals surface area contributed by atoms with Crippen LogP contribution in [0.15, 0.2) is 16.6 Å². The summed E-state index contributed by atoms with van der Waals surface area (Å²) in [6, 6.07) is 2.39. The van der Waals surface area contributed by atoms with Crippen LogP contribution in [0.1, 0.15) is 30.6 Å². The van der Waals surface area contributed by atoms with E-state index < -0.39 is 11.9 Å². The summed E-state index contributed by atoms with van der Waals surface area (Å²) in [5.74, 6) is -0.0588. The van der Waals surface area contributed by atoms with Crippen molar-refractivity contribution in [2.24, 2.45) is 0 Å². The number of carbonyl (C=O) groups excluding carboxylic acids is 3. The molecule has 0 aliphatic rings. The number of hydrogen-bond donors (Lipinski definition) is 2. The van der Waals surface area contributed by atoms with Crippen molar-refractivity contribution in [1.82, 2.24) is 10.6 Å². The number of halogens is 1. The zero-order chi connectivity index (χ0) is 18.1. The molecule has 1 aromatic carbocycles. The Labute approximate surface area is 149 Å². The molecule has 0 saturated heterocycles. The monoisotopic (exact) mass is 400 g/mol. The predicted octanol–water partition coefficient (Wildman–Crippen LogP) is 1.68. The second kappa shape index (κ2) is 9.92. The molecule has 132 valence electrons. The first-order chi connectivity index (χ1) is 11.4. The van der Waals surface area contributed by atoms with E-state index in [4.69, 9.17) is 9.47 Å². The number of amides is 2. The SMILES string of the molecule is CCCNC(=O)[C@@H](C)NC(=O)COc1cc(C=O)c(Br)cc1OC. The molecule has 2 amide bonds. The van der Waals surface area contributed by atoms with Gasteiger partial charge >= 0.3 is 0 Å². The summed E-state index contributed by atoms with van der Waals surface area (Å²) in [5.41, 5.74) is 0.374. The van der Waals surface area contributed by atoms with Crippen LogP contribution in [0.4, 0.5) is 0 Å². The van der Waals surface area contributed by atoms with Crippen LogP contribution in [0.3, 0.4) is 0 Å². The fraction of sp³-hybridized carbons (Fsp3) is 0.438. The second-order valence-electron chi connectivity index (χ2n) is 5.01. The first-order valence-electron chi connectivity index (χ1n) is 7.45. The van der Waals surface area contributed by atoms with E-state index in [0.29, 0.717) is 28.6 Å². The van der Waals surface area contributed by atoms with Crippen LogP contribution in [-0.4, -0.2) is 44.4 Å². The molecular formula is C16H21BrN2O5. The number of carbonyl (C=O) groups is 3. The molecular weight excluding hydrogens is 380 g/mol. The highest BCUT2D eigenvalue weighted by Gasteiger charge is 2.16. The third-order valence-corrected chi connectivity index (χ3v) is 3.78. The molecule has 8 heteroatoms. The maximum Gasteiger partial charge on any atom is 0.258 e. The van der Waals surface area contributed by atoms with Crippen LogP contribution in [0.5, 0.6) is 11.5 Å². The minimum Gasteiger partial charge on any atom is -0.493 e. The van der Waals surface area contributed by atoms with Crippen molar-refractivity contribution in [3.05, 3.63) is 22.2 Å². The van der Waals surface area contributed by atoms with E-state index >= 15 is 0 Å². The number of ether oxygens (including phenoxy) is 2. The van der Waals surface area contributed by atoms with Crippen molar-refractivity contribution >= 4 is 34.0 Å². The van der Waals surface area contributed by atoms with Crippen LogP contribution in [-0.2, 0) is 9.59 Å². The summed E-state index contributed by atoms with van der Waals surface area (Å²) in [7, 11) is 1.45. The van der Waals surface area contributed by atoms with Crippen molar-refractivity contribution in [1.29, 1.82) is 0 Å². The van der Waals surface area contributed by atoms with Gasteiger partial charge in [0, 0.05) is 16.6 Å². The Bertz CT molecular complexity index is 606. The van der Waals surface area contributed by atoms with Gasteiger partial charge in [-0.15, -0.1) is 0 Å². The molecule has 1 rings (SSSR count). The van der Waals surface area contributed by atoms with E-state index in [9.17, 15) is 14.4 Å². The van der Waals surface area contributed by atoms with E-state index in [2.05, 4.69) is 26.6 Å². The smallest absolute Gasteiger partial charge is 0.258 e. The molecule has 1 aromatic rings. The highest BCUT2D eigenvalue weighted by Crippen LogP contribution is 2.32. The highest BCUT2D eigenvalue weighted by atomic mass is 79.9. The minimum absolute atomic E-state index is 0.255. The topological polar surface area (TPSA) is 93.7 Å². The standard InChI is InChI=1S/C16H21BrN2O5/c1-4-5-18-16(22)10(2)19-15(21)9-24-14-6-11(8-20)12(17)7-13(14)23-3/h6-8,10H,4-5,9H2,1-3H3,(H,18,22)(H,19,21)/t10-/m1/s1. The molecule has 1 atom stereocenters. The number of aldehydes is 1. The summed E-state index contributed by atoms with van der Waals surface area (Å²) < 4.78 is 11.1. The second-order valence-corrected chi connectivity index (χ2v) is 5.87. The van der Waals surface area contributed by atoms with E-state index in [1.165, 1.54) is 13.2 Å². The highest BCUT2D eigenvalue weighted by molar-refractivity contribution is 9.10. The molecule has 0 heterocycles. The molecule has 0 aliphatic heterocycles. The van der Waals surface area contributed by atoms with E-state index in [0.717, 1.165) is 6.42 Å². The summed E-state index contributed by atoms with van der Waals surface area (Å²) >= 11 is 3.24. The van der Waals surface area contributed by atoms with Crippen molar-refractivity contribution < 1.29 is 23.9 Å². The van der Waals surface area contributed by atoms with E-state index in [-0.39, 0.29) is 18.3 Å². The number of rotatable bonds is 9. The zero-order valence-electron chi connectivity index (χ0n) is 13.8.